The summed E-state index contributed by atoms with van der Waals surface area (Å²) in [6, 6.07) is 5.06. The van der Waals surface area contributed by atoms with Crippen molar-refractivity contribution in [2.45, 2.75) is 37.8 Å². The molecule has 0 bridgehead atoms. The van der Waals surface area contributed by atoms with Crippen LogP contribution in [0.25, 0.3) is 0 Å². The van der Waals surface area contributed by atoms with Crippen LogP contribution in [-0.4, -0.2) is 60.6 Å². The number of hydrogen-bond donors (Lipinski definition) is 2. The first-order chi connectivity index (χ1) is 14.0. The molecule has 29 heavy (non-hydrogen) atoms. The van der Waals surface area contributed by atoms with Crippen molar-refractivity contribution in [1.82, 2.24) is 4.90 Å². The van der Waals surface area contributed by atoms with Gasteiger partial charge in [-0.15, -0.1) is 0 Å². The van der Waals surface area contributed by atoms with Crippen LogP contribution < -0.4 is 5.32 Å². The lowest BCUT2D eigenvalue weighted by Gasteiger charge is -2.45. The summed E-state index contributed by atoms with van der Waals surface area (Å²) < 4.78 is 10.2. The molecule has 156 valence electrons. The van der Waals surface area contributed by atoms with E-state index in [1.165, 1.54) is 20.5 Å². The highest BCUT2D eigenvalue weighted by Gasteiger charge is 2.59. The maximum absolute atomic E-state index is 13.5. The molecule has 2 fully saturated rings. The number of ketones is 1. The monoisotopic (exact) mass is 400 g/mol. The minimum atomic E-state index is -0.771. The smallest absolute Gasteiger partial charge is 0.337 e. The number of piperidine rings is 1. The molecule has 3 aliphatic rings. The Kier molecular flexibility index (Phi) is 5.02. The third kappa shape index (κ3) is 2.90. The number of Topliss-reactive ketones (excluding diaryl/α,β-unsaturated/α-hetero) is 1. The third-order valence-corrected chi connectivity index (χ3v) is 6.94. The molecule has 0 aromatic heterocycles. The van der Waals surface area contributed by atoms with Gasteiger partial charge < -0.3 is 19.9 Å². The van der Waals surface area contributed by atoms with Crippen molar-refractivity contribution >= 4 is 17.4 Å². The van der Waals surface area contributed by atoms with Gasteiger partial charge in [-0.1, -0.05) is 19.4 Å². The van der Waals surface area contributed by atoms with Gasteiger partial charge in [-0.05, 0) is 36.8 Å². The summed E-state index contributed by atoms with van der Waals surface area (Å²) in [5.41, 5.74) is 0.817. The minimum Gasteiger partial charge on any atom is -0.507 e. The van der Waals surface area contributed by atoms with Gasteiger partial charge in [0.05, 0.1) is 31.6 Å². The summed E-state index contributed by atoms with van der Waals surface area (Å²) in [6.07, 6.45) is 3.73. The van der Waals surface area contributed by atoms with Crippen LogP contribution in [-0.2, 0) is 14.3 Å². The number of benzene rings is 1. The summed E-state index contributed by atoms with van der Waals surface area (Å²) in [5.74, 6) is -0.210. The molecule has 7 nitrogen and oxygen atoms in total. The summed E-state index contributed by atoms with van der Waals surface area (Å²) in [7, 11) is 2.90. The fraction of sp³-hybridized carbons (Fsp3) is 0.545. The lowest BCUT2D eigenvalue weighted by molar-refractivity contribution is -0.137. The molecule has 0 amide bonds. The SMILES string of the molecule is CC[C@@H]1CN2CC[C@]3(Nc4cccc(O)c4C3=O)C2C[C@@H]1/C(=C\OC)C(=O)OC. The summed E-state index contributed by atoms with van der Waals surface area (Å²) in [4.78, 5) is 28.3. The van der Waals surface area contributed by atoms with Crippen molar-refractivity contribution in [2.75, 3.05) is 32.6 Å². The van der Waals surface area contributed by atoms with Crippen molar-refractivity contribution < 1.29 is 24.2 Å². The Bertz CT molecular complexity index is 867. The fourth-order valence-electron chi connectivity index (χ4n) is 5.52. The molecule has 3 aliphatic heterocycles. The zero-order valence-corrected chi connectivity index (χ0v) is 17.1. The molecule has 2 saturated heterocycles. The molecular formula is C22H28N2O5. The minimum absolute atomic E-state index is 0.0173. The average Bonchev–Trinajstić information content (AvgIpc) is 3.23. The van der Waals surface area contributed by atoms with Gasteiger partial charge in [-0.25, -0.2) is 4.79 Å². The van der Waals surface area contributed by atoms with E-state index in [1.807, 2.05) is 6.07 Å². The first-order valence-electron chi connectivity index (χ1n) is 10.2. The molecule has 4 atom stereocenters. The van der Waals surface area contributed by atoms with Crippen LogP contribution in [0.1, 0.15) is 36.5 Å². The van der Waals surface area contributed by atoms with Crippen LogP contribution in [0.4, 0.5) is 5.69 Å². The number of nitrogens with one attached hydrogen (secondary N) is 1. The predicted molar refractivity (Wildman–Crippen MR) is 108 cm³/mol. The molecule has 2 N–H and O–H groups in total. The maximum atomic E-state index is 13.5. The third-order valence-electron chi connectivity index (χ3n) is 6.94. The molecule has 1 aromatic carbocycles. The average molecular weight is 400 g/mol. The number of aromatic hydroxyl groups is 1. The summed E-state index contributed by atoms with van der Waals surface area (Å²) in [6.45, 7) is 3.74. The van der Waals surface area contributed by atoms with E-state index in [1.54, 1.807) is 12.1 Å². The van der Waals surface area contributed by atoms with Crippen molar-refractivity contribution in [3.05, 3.63) is 35.6 Å². The highest BCUT2D eigenvalue weighted by molar-refractivity contribution is 6.16. The Morgan fingerprint density at radius 1 is 1.41 bits per heavy atom. The summed E-state index contributed by atoms with van der Waals surface area (Å²) in [5, 5.41) is 13.7. The van der Waals surface area contributed by atoms with Crippen LogP contribution in [0.3, 0.4) is 0 Å². The largest absolute Gasteiger partial charge is 0.507 e. The van der Waals surface area contributed by atoms with Gasteiger partial charge in [0.25, 0.3) is 0 Å². The number of anilines is 1. The second-order valence-corrected chi connectivity index (χ2v) is 8.20. The highest BCUT2D eigenvalue weighted by atomic mass is 16.5. The Balaban J connectivity index is 1.70. The van der Waals surface area contributed by atoms with Gasteiger partial charge in [0, 0.05) is 24.8 Å². The molecule has 0 saturated carbocycles. The first kappa shape index (κ1) is 19.8. The van der Waals surface area contributed by atoms with Gasteiger partial charge in [0.2, 0.25) is 0 Å². The number of carbonyl (C=O) groups excluding carboxylic acids is 2. The van der Waals surface area contributed by atoms with Crippen molar-refractivity contribution in [3.8, 4) is 5.75 Å². The van der Waals surface area contributed by atoms with Gasteiger partial charge in [0.15, 0.2) is 5.78 Å². The number of fused-ring (bicyclic) bond motifs is 3. The number of methoxy groups -OCH3 is 2. The van der Waals surface area contributed by atoms with Crippen LogP contribution >= 0.6 is 0 Å². The van der Waals surface area contributed by atoms with E-state index in [0.717, 1.165) is 19.5 Å². The molecule has 0 aliphatic carbocycles. The standard InChI is InChI=1S/C22H28N2O5/c1-4-13-11-24-9-8-22(20(26)19-16(23-22)6-5-7-17(19)25)18(24)10-14(13)15(12-28-2)21(27)29-3/h5-7,12-14,18,23,25H,4,8-11H2,1-3H3/b15-12+/t13-,14+,18?,22+/m1/s1. The van der Waals surface area contributed by atoms with E-state index >= 15 is 0 Å². The van der Waals surface area contributed by atoms with E-state index in [0.29, 0.717) is 29.7 Å². The molecule has 1 spiro atoms. The molecule has 7 heteroatoms. The maximum Gasteiger partial charge on any atom is 0.337 e. The zero-order valence-electron chi connectivity index (χ0n) is 17.1. The van der Waals surface area contributed by atoms with Crippen LogP contribution in [0.5, 0.6) is 5.75 Å². The number of ether oxygens (including phenoxy) is 2. The second-order valence-electron chi connectivity index (χ2n) is 8.20. The number of esters is 1. The number of hydrogen-bond acceptors (Lipinski definition) is 7. The van der Waals surface area contributed by atoms with Crippen LogP contribution in [0, 0.1) is 11.8 Å². The van der Waals surface area contributed by atoms with E-state index in [-0.39, 0.29) is 35.4 Å². The lowest BCUT2D eigenvalue weighted by atomic mass is 9.72. The Morgan fingerprint density at radius 3 is 2.86 bits per heavy atom. The molecule has 1 aromatic rings. The Labute approximate surface area is 170 Å². The van der Waals surface area contributed by atoms with Gasteiger partial charge in [-0.2, -0.15) is 0 Å². The van der Waals surface area contributed by atoms with Gasteiger partial charge >= 0.3 is 5.97 Å². The lowest BCUT2D eigenvalue weighted by Crippen LogP contribution is -2.57. The zero-order chi connectivity index (χ0) is 20.8. The van der Waals surface area contributed by atoms with Gasteiger partial charge in [0.1, 0.15) is 11.3 Å². The molecular weight excluding hydrogens is 372 g/mol. The fourth-order valence-corrected chi connectivity index (χ4v) is 5.52. The Morgan fingerprint density at radius 2 is 2.21 bits per heavy atom. The summed E-state index contributed by atoms with van der Waals surface area (Å²) >= 11 is 0. The second kappa shape index (κ2) is 7.37. The van der Waals surface area contributed by atoms with E-state index in [2.05, 4.69) is 17.1 Å². The number of rotatable bonds is 4. The van der Waals surface area contributed by atoms with E-state index in [4.69, 9.17) is 9.47 Å². The number of phenols is 1. The number of carbonyl (C=O) groups is 2. The van der Waals surface area contributed by atoms with Gasteiger partial charge in [-0.3, -0.25) is 9.69 Å². The van der Waals surface area contributed by atoms with E-state index < -0.39 is 5.54 Å². The van der Waals surface area contributed by atoms with Crippen LogP contribution in [0.15, 0.2) is 30.0 Å². The first-order valence-corrected chi connectivity index (χ1v) is 10.2. The van der Waals surface area contributed by atoms with Crippen molar-refractivity contribution in [3.63, 3.8) is 0 Å². The normalized spacial score (nSPS) is 31.3. The molecule has 1 unspecified atom stereocenters. The highest BCUT2D eigenvalue weighted by Crippen LogP contribution is 2.50. The Hall–Kier alpha value is -2.54. The molecule has 3 heterocycles. The predicted octanol–water partition coefficient (Wildman–Crippen LogP) is 2.56. The molecule has 4 rings (SSSR count). The van der Waals surface area contributed by atoms with E-state index in [9.17, 15) is 14.7 Å². The quantitative estimate of drug-likeness (QED) is 0.456. The topological polar surface area (TPSA) is 88.1 Å². The molecule has 0 radical (unpaired) electrons. The number of phenolic OH excluding ortho intramolecular Hbond substituents is 1. The van der Waals surface area contributed by atoms with Crippen LogP contribution in [0.2, 0.25) is 0 Å². The number of nitrogens with zero attached hydrogens (tertiary/aromatic N) is 1. The van der Waals surface area contributed by atoms with Crippen molar-refractivity contribution in [1.29, 1.82) is 0 Å². The van der Waals surface area contributed by atoms with Crippen molar-refractivity contribution in [2.24, 2.45) is 11.8 Å².